The lowest BCUT2D eigenvalue weighted by Gasteiger charge is -2.19. The van der Waals surface area contributed by atoms with Crippen LogP contribution in [0.1, 0.15) is 18.9 Å². The SMILES string of the molecule is CO[C@@H](C)c1nc(Cl)cc(-c2ccc3c(c2)OCCO3)n1. The third-order valence-corrected chi connectivity index (χ3v) is 3.46. The van der Waals surface area contributed by atoms with Crippen molar-refractivity contribution in [3.8, 4) is 22.8 Å². The molecule has 0 N–H and O–H groups in total. The number of hydrogen-bond acceptors (Lipinski definition) is 5. The molecule has 0 amide bonds. The van der Waals surface area contributed by atoms with Crippen molar-refractivity contribution in [1.82, 2.24) is 9.97 Å². The Kier molecular flexibility index (Phi) is 3.94. The quantitative estimate of drug-likeness (QED) is 0.815. The van der Waals surface area contributed by atoms with Crippen LogP contribution >= 0.6 is 11.6 Å². The highest BCUT2D eigenvalue weighted by Crippen LogP contribution is 2.34. The van der Waals surface area contributed by atoms with Crippen LogP contribution in [0.3, 0.4) is 0 Å². The minimum Gasteiger partial charge on any atom is -0.486 e. The Balaban J connectivity index is 2.01. The maximum atomic E-state index is 6.08. The predicted molar refractivity (Wildman–Crippen MR) is 78.9 cm³/mol. The van der Waals surface area contributed by atoms with Crippen LogP contribution in [0.4, 0.5) is 0 Å². The Morgan fingerprint density at radius 1 is 1.14 bits per heavy atom. The maximum absolute atomic E-state index is 6.08. The average molecular weight is 307 g/mol. The molecule has 2 aromatic rings. The van der Waals surface area contributed by atoms with E-state index in [1.807, 2.05) is 25.1 Å². The molecule has 0 aliphatic carbocycles. The third kappa shape index (κ3) is 2.94. The molecule has 5 nitrogen and oxygen atoms in total. The van der Waals surface area contributed by atoms with Gasteiger partial charge in [-0.25, -0.2) is 9.97 Å². The van der Waals surface area contributed by atoms with E-state index in [1.54, 1.807) is 13.2 Å². The van der Waals surface area contributed by atoms with E-state index >= 15 is 0 Å². The molecule has 1 aromatic heterocycles. The molecule has 0 spiro atoms. The molecular weight excluding hydrogens is 292 g/mol. The average Bonchev–Trinajstić information content (AvgIpc) is 2.53. The summed E-state index contributed by atoms with van der Waals surface area (Å²) in [6.07, 6.45) is -0.223. The van der Waals surface area contributed by atoms with E-state index in [1.165, 1.54) is 0 Å². The second-order valence-corrected chi connectivity index (χ2v) is 5.06. The van der Waals surface area contributed by atoms with Gasteiger partial charge in [-0.15, -0.1) is 0 Å². The largest absolute Gasteiger partial charge is 0.486 e. The highest BCUT2D eigenvalue weighted by atomic mass is 35.5. The van der Waals surface area contributed by atoms with Crippen LogP contribution in [-0.4, -0.2) is 30.3 Å². The van der Waals surface area contributed by atoms with Gasteiger partial charge in [0.1, 0.15) is 24.5 Å². The zero-order valence-electron chi connectivity index (χ0n) is 11.8. The van der Waals surface area contributed by atoms with Gasteiger partial charge in [-0.05, 0) is 25.1 Å². The van der Waals surface area contributed by atoms with Crippen LogP contribution in [-0.2, 0) is 4.74 Å². The summed E-state index contributed by atoms with van der Waals surface area (Å²) in [5.41, 5.74) is 1.62. The normalized spacial score (nSPS) is 14.8. The Morgan fingerprint density at radius 2 is 1.90 bits per heavy atom. The van der Waals surface area contributed by atoms with E-state index in [4.69, 9.17) is 25.8 Å². The minimum absolute atomic E-state index is 0.223. The fourth-order valence-electron chi connectivity index (χ4n) is 2.07. The van der Waals surface area contributed by atoms with Gasteiger partial charge in [0.05, 0.1) is 5.69 Å². The zero-order chi connectivity index (χ0) is 14.8. The molecule has 1 aliphatic rings. The number of benzene rings is 1. The topological polar surface area (TPSA) is 53.5 Å². The van der Waals surface area contributed by atoms with Gasteiger partial charge in [0.25, 0.3) is 0 Å². The number of halogens is 1. The van der Waals surface area contributed by atoms with Crippen LogP contribution in [0, 0.1) is 0 Å². The standard InChI is InChI=1S/C15H15ClN2O3/c1-9(19-2)15-17-11(8-14(16)18-15)10-3-4-12-13(7-10)21-6-5-20-12/h3-4,7-9H,5-6H2,1-2H3/t9-/m0/s1. The van der Waals surface area contributed by atoms with Gasteiger partial charge in [0.2, 0.25) is 0 Å². The molecule has 1 aromatic carbocycles. The van der Waals surface area contributed by atoms with Gasteiger partial charge >= 0.3 is 0 Å². The molecule has 1 atom stereocenters. The van der Waals surface area contributed by atoms with Gasteiger partial charge in [0.15, 0.2) is 17.3 Å². The first-order chi connectivity index (χ1) is 10.2. The molecule has 0 fully saturated rings. The highest BCUT2D eigenvalue weighted by Gasteiger charge is 2.15. The lowest BCUT2D eigenvalue weighted by Crippen LogP contribution is -2.15. The smallest absolute Gasteiger partial charge is 0.162 e. The fourth-order valence-corrected chi connectivity index (χ4v) is 2.26. The first-order valence-electron chi connectivity index (χ1n) is 6.64. The summed E-state index contributed by atoms with van der Waals surface area (Å²) >= 11 is 6.08. The van der Waals surface area contributed by atoms with E-state index in [-0.39, 0.29) is 6.10 Å². The molecule has 21 heavy (non-hydrogen) atoms. The summed E-state index contributed by atoms with van der Waals surface area (Å²) in [6, 6.07) is 7.42. The predicted octanol–water partition coefficient (Wildman–Crippen LogP) is 3.28. The molecule has 3 rings (SSSR count). The molecule has 0 unspecified atom stereocenters. The van der Waals surface area contributed by atoms with Crippen LogP contribution < -0.4 is 9.47 Å². The lowest BCUT2D eigenvalue weighted by atomic mass is 10.1. The number of aromatic nitrogens is 2. The Morgan fingerprint density at radius 3 is 2.67 bits per heavy atom. The molecule has 0 saturated carbocycles. The fraction of sp³-hybridized carbons (Fsp3) is 0.333. The van der Waals surface area contributed by atoms with E-state index in [9.17, 15) is 0 Å². The molecule has 6 heteroatoms. The Bertz CT molecular complexity index is 663. The first-order valence-corrected chi connectivity index (χ1v) is 7.02. The number of ether oxygens (including phenoxy) is 3. The van der Waals surface area contributed by atoms with Crippen molar-refractivity contribution < 1.29 is 14.2 Å². The number of fused-ring (bicyclic) bond motifs is 1. The monoisotopic (exact) mass is 306 g/mol. The van der Waals surface area contributed by atoms with Crippen LogP contribution in [0.2, 0.25) is 5.15 Å². The summed E-state index contributed by atoms with van der Waals surface area (Å²) in [5.74, 6) is 2.01. The van der Waals surface area contributed by atoms with E-state index < -0.39 is 0 Å². The molecular formula is C15H15ClN2O3. The molecule has 0 saturated heterocycles. The summed E-state index contributed by atoms with van der Waals surface area (Å²) in [6.45, 7) is 2.99. The second-order valence-electron chi connectivity index (χ2n) is 4.67. The van der Waals surface area contributed by atoms with Crippen molar-refractivity contribution in [2.24, 2.45) is 0 Å². The molecule has 0 radical (unpaired) electrons. The second kappa shape index (κ2) is 5.87. The molecule has 110 valence electrons. The van der Waals surface area contributed by atoms with Crippen molar-refractivity contribution in [2.45, 2.75) is 13.0 Å². The van der Waals surface area contributed by atoms with Crippen molar-refractivity contribution in [3.05, 3.63) is 35.2 Å². The van der Waals surface area contributed by atoms with Gasteiger partial charge < -0.3 is 14.2 Å². The van der Waals surface area contributed by atoms with E-state index in [0.717, 1.165) is 22.8 Å². The highest BCUT2D eigenvalue weighted by molar-refractivity contribution is 6.29. The van der Waals surface area contributed by atoms with Crippen LogP contribution in [0.15, 0.2) is 24.3 Å². The van der Waals surface area contributed by atoms with Crippen molar-refractivity contribution in [1.29, 1.82) is 0 Å². The summed E-state index contributed by atoms with van der Waals surface area (Å²) in [5, 5.41) is 0.383. The number of methoxy groups -OCH3 is 1. The molecule has 0 bridgehead atoms. The Hall–Kier alpha value is -1.85. The van der Waals surface area contributed by atoms with Crippen LogP contribution in [0.5, 0.6) is 11.5 Å². The van der Waals surface area contributed by atoms with Gasteiger partial charge in [-0.2, -0.15) is 0 Å². The van der Waals surface area contributed by atoms with Crippen molar-refractivity contribution in [3.63, 3.8) is 0 Å². The van der Waals surface area contributed by atoms with Crippen molar-refractivity contribution >= 4 is 11.6 Å². The molecule has 1 aliphatic heterocycles. The maximum Gasteiger partial charge on any atom is 0.162 e. The summed E-state index contributed by atoms with van der Waals surface area (Å²) < 4.78 is 16.3. The number of nitrogens with zero attached hydrogens (tertiary/aromatic N) is 2. The summed E-state index contributed by atoms with van der Waals surface area (Å²) in [7, 11) is 1.61. The zero-order valence-corrected chi connectivity index (χ0v) is 12.6. The lowest BCUT2D eigenvalue weighted by molar-refractivity contribution is 0.112. The minimum atomic E-state index is -0.223. The van der Waals surface area contributed by atoms with E-state index in [0.29, 0.717) is 24.2 Å². The number of rotatable bonds is 3. The molecule has 2 heterocycles. The van der Waals surface area contributed by atoms with E-state index in [2.05, 4.69) is 9.97 Å². The Labute approximate surface area is 127 Å². The van der Waals surface area contributed by atoms with Crippen LogP contribution in [0.25, 0.3) is 11.3 Å². The summed E-state index contributed by atoms with van der Waals surface area (Å²) in [4.78, 5) is 8.70. The third-order valence-electron chi connectivity index (χ3n) is 3.27. The number of hydrogen-bond donors (Lipinski definition) is 0. The van der Waals surface area contributed by atoms with Gasteiger partial charge in [0, 0.05) is 18.7 Å². The van der Waals surface area contributed by atoms with Gasteiger partial charge in [-0.1, -0.05) is 11.6 Å². The van der Waals surface area contributed by atoms with Gasteiger partial charge in [-0.3, -0.25) is 0 Å². The first kappa shape index (κ1) is 14.1. The van der Waals surface area contributed by atoms with Crippen molar-refractivity contribution in [2.75, 3.05) is 20.3 Å².